The van der Waals surface area contributed by atoms with Crippen molar-refractivity contribution in [1.82, 2.24) is 15.0 Å². The van der Waals surface area contributed by atoms with Crippen LogP contribution in [0.5, 0.6) is 0 Å². The zero-order chi connectivity index (χ0) is 9.84. The summed E-state index contributed by atoms with van der Waals surface area (Å²) in [5, 5.41) is 26.3. The van der Waals surface area contributed by atoms with Gasteiger partial charge in [-0.3, -0.25) is 4.68 Å². The topological polar surface area (TPSA) is 71.2 Å². The van der Waals surface area contributed by atoms with E-state index in [9.17, 15) is 10.2 Å². The van der Waals surface area contributed by atoms with Crippen LogP contribution in [0.15, 0.2) is 6.20 Å². The van der Waals surface area contributed by atoms with Crippen molar-refractivity contribution in [2.75, 3.05) is 0 Å². The van der Waals surface area contributed by atoms with E-state index in [4.69, 9.17) is 0 Å². The van der Waals surface area contributed by atoms with Crippen molar-refractivity contribution in [3.8, 4) is 0 Å². The first-order chi connectivity index (χ1) is 6.13. The number of aliphatic hydroxyl groups is 2. The van der Waals surface area contributed by atoms with Crippen molar-refractivity contribution in [2.24, 2.45) is 7.05 Å². The summed E-state index contributed by atoms with van der Waals surface area (Å²) in [4.78, 5) is 0. The van der Waals surface area contributed by atoms with Crippen LogP contribution < -0.4 is 0 Å². The van der Waals surface area contributed by atoms with E-state index in [2.05, 4.69) is 10.3 Å². The molecule has 0 aliphatic heterocycles. The average molecular weight is 185 g/mol. The highest BCUT2D eigenvalue weighted by atomic mass is 16.3. The molecule has 2 atom stereocenters. The predicted octanol–water partition coefficient (Wildman–Crippen LogP) is -0.511. The monoisotopic (exact) mass is 185 g/mol. The maximum Gasteiger partial charge on any atom is 0.0855 e. The quantitative estimate of drug-likeness (QED) is 0.662. The minimum absolute atomic E-state index is 0.350. The lowest BCUT2D eigenvalue weighted by molar-refractivity contribution is 0.0176. The third-order valence-electron chi connectivity index (χ3n) is 1.93. The molecule has 1 heterocycles. The number of nitrogens with zero attached hydrogens (tertiary/aromatic N) is 3. The predicted molar refractivity (Wildman–Crippen MR) is 47.0 cm³/mol. The zero-order valence-corrected chi connectivity index (χ0v) is 7.88. The van der Waals surface area contributed by atoms with Crippen LogP contribution in [0.2, 0.25) is 0 Å². The average Bonchev–Trinajstić information content (AvgIpc) is 2.49. The number of hydrogen-bond donors (Lipinski definition) is 2. The molecule has 1 aromatic heterocycles. The van der Waals surface area contributed by atoms with Crippen molar-refractivity contribution in [3.63, 3.8) is 0 Å². The minimum atomic E-state index is -0.748. The SMILES string of the molecule is CCC(O)C(O)Cc1cn(C)nn1. The lowest BCUT2D eigenvalue weighted by atomic mass is 10.1. The van der Waals surface area contributed by atoms with Gasteiger partial charge in [0.2, 0.25) is 0 Å². The Balaban J connectivity index is 2.49. The Hall–Kier alpha value is -0.940. The fourth-order valence-electron chi connectivity index (χ4n) is 1.11. The van der Waals surface area contributed by atoms with Gasteiger partial charge in [-0.2, -0.15) is 0 Å². The Morgan fingerprint density at radius 3 is 2.62 bits per heavy atom. The first-order valence-electron chi connectivity index (χ1n) is 4.34. The van der Waals surface area contributed by atoms with E-state index in [1.807, 2.05) is 6.92 Å². The largest absolute Gasteiger partial charge is 0.390 e. The van der Waals surface area contributed by atoms with Gasteiger partial charge >= 0.3 is 0 Å². The van der Waals surface area contributed by atoms with Gasteiger partial charge in [0.1, 0.15) is 0 Å². The second kappa shape index (κ2) is 4.34. The first-order valence-corrected chi connectivity index (χ1v) is 4.34. The van der Waals surface area contributed by atoms with Crippen molar-refractivity contribution in [3.05, 3.63) is 11.9 Å². The minimum Gasteiger partial charge on any atom is -0.390 e. The van der Waals surface area contributed by atoms with Crippen LogP contribution in [0, 0.1) is 0 Å². The maximum absolute atomic E-state index is 9.45. The van der Waals surface area contributed by atoms with Crippen LogP contribution in [0.25, 0.3) is 0 Å². The molecular formula is C8H15N3O2. The Labute approximate surface area is 77.0 Å². The molecular weight excluding hydrogens is 170 g/mol. The molecule has 0 amide bonds. The van der Waals surface area contributed by atoms with Crippen LogP contribution in [0.4, 0.5) is 0 Å². The van der Waals surface area contributed by atoms with Crippen molar-refractivity contribution in [2.45, 2.75) is 32.0 Å². The molecule has 0 spiro atoms. The molecule has 1 rings (SSSR count). The standard InChI is InChI=1S/C8H15N3O2/c1-3-7(12)8(13)4-6-5-11(2)10-9-6/h5,7-8,12-13H,3-4H2,1-2H3. The molecule has 0 bridgehead atoms. The third-order valence-corrected chi connectivity index (χ3v) is 1.93. The number of rotatable bonds is 4. The van der Waals surface area contributed by atoms with E-state index >= 15 is 0 Å². The Morgan fingerprint density at radius 1 is 1.46 bits per heavy atom. The highest BCUT2D eigenvalue weighted by Crippen LogP contribution is 2.04. The van der Waals surface area contributed by atoms with Gasteiger partial charge in [0.25, 0.3) is 0 Å². The molecule has 0 radical (unpaired) electrons. The summed E-state index contributed by atoms with van der Waals surface area (Å²) in [7, 11) is 1.76. The van der Waals surface area contributed by atoms with Gasteiger partial charge in [0, 0.05) is 19.7 Å². The Kier molecular flexibility index (Phi) is 3.39. The fraction of sp³-hybridized carbons (Fsp3) is 0.750. The molecule has 0 saturated heterocycles. The summed E-state index contributed by atoms with van der Waals surface area (Å²) in [6.07, 6.45) is 1.19. The summed E-state index contributed by atoms with van der Waals surface area (Å²) in [6, 6.07) is 0. The summed E-state index contributed by atoms with van der Waals surface area (Å²) in [5.41, 5.74) is 0.697. The molecule has 5 nitrogen and oxygen atoms in total. The number of aliphatic hydroxyl groups excluding tert-OH is 2. The number of aryl methyl sites for hydroxylation is 1. The maximum atomic E-state index is 9.45. The molecule has 5 heteroatoms. The number of hydrogen-bond acceptors (Lipinski definition) is 4. The number of aromatic nitrogens is 3. The zero-order valence-electron chi connectivity index (χ0n) is 7.88. The lowest BCUT2D eigenvalue weighted by Crippen LogP contribution is -2.27. The van der Waals surface area contributed by atoms with Crippen molar-refractivity contribution < 1.29 is 10.2 Å². The van der Waals surface area contributed by atoms with Gasteiger partial charge in [-0.1, -0.05) is 12.1 Å². The molecule has 0 saturated carbocycles. The van der Waals surface area contributed by atoms with Crippen LogP contribution in [-0.2, 0) is 13.5 Å². The summed E-state index contributed by atoms with van der Waals surface area (Å²) in [6.45, 7) is 1.82. The highest BCUT2D eigenvalue weighted by molar-refractivity contribution is 4.95. The molecule has 1 aromatic rings. The second-order valence-electron chi connectivity index (χ2n) is 3.13. The van der Waals surface area contributed by atoms with Gasteiger partial charge in [-0.15, -0.1) is 5.10 Å². The summed E-state index contributed by atoms with van der Waals surface area (Å²) < 4.78 is 1.57. The van der Waals surface area contributed by atoms with E-state index < -0.39 is 12.2 Å². The van der Waals surface area contributed by atoms with Crippen LogP contribution in [0.1, 0.15) is 19.0 Å². The second-order valence-corrected chi connectivity index (χ2v) is 3.13. The van der Waals surface area contributed by atoms with Gasteiger partial charge in [0.15, 0.2) is 0 Å². The normalized spacial score (nSPS) is 15.7. The molecule has 2 N–H and O–H groups in total. The Bertz CT molecular complexity index is 262. The summed E-state index contributed by atoms with van der Waals surface area (Å²) >= 11 is 0. The molecule has 0 aliphatic rings. The van der Waals surface area contributed by atoms with E-state index in [1.54, 1.807) is 17.9 Å². The van der Waals surface area contributed by atoms with Crippen molar-refractivity contribution in [1.29, 1.82) is 0 Å². The van der Waals surface area contributed by atoms with E-state index in [0.717, 1.165) is 0 Å². The van der Waals surface area contributed by atoms with Crippen LogP contribution in [0.3, 0.4) is 0 Å². The Morgan fingerprint density at radius 2 is 2.15 bits per heavy atom. The van der Waals surface area contributed by atoms with E-state index in [-0.39, 0.29) is 0 Å². The summed E-state index contributed by atoms with van der Waals surface area (Å²) in [5.74, 6) is 0. The van der Waals surface area contributed by atoms with Crippen molar-refractivity contribution >= 4 is 0 Å². The van der Waals surface area contributed by atoms with Crippen LogP contribution >= 0.6 is 0 Å². The fourth-order valence-corrected chi connectivity index (χ4v) is 1.11. The van der Waals surface area contributed by atoms with Gasteiger partial charge in [-0.05, 0) is 6.42 Å². The lowest BCUT2D eigenvalue weighted by Gasteiger charge is -2.13. The highest BCUT2D eigenvalue weighted by Gasteiger charge is 2.15. The van der Waals surface area contributed by atoms with E-state index in [1.165, 1.54) is 0 Å². The smallest absolute Gasteiger partial charge is 0.0855 e. The molecule has 13 heavy (non-hydrogen) atoms. The van der Waals surface area contributed by atoms with E-state index in [0.29, 0.717) is 18.5 Å². The molecule has 0 aliphatic carbocycles. The van der Waals surface area contributed by atoms with Crippen LogP contribution in [-0.4, -0.2) is 37.4 Å². The molecule has 0 aromatic carbocycles. The molecule has 0 fully saturated rings. The van der Waals surface area contributed by atoms with Gasteiger partial charge in [-0.25, -0.2) is 0 Å². The molecule has 2 unspecified atom stereocenters. The van der Waals surface area contributed by atoms with Gasteiger partial charge < -0.3 is 10.2 Å². The van der Waals surface area contributed by atoms with Gasteiger partial charge in [0.05, 0.1) is 17.9 Å². The third kappa shape index (κ3) is 2.78. The molecule has 74 valence electrons. The first kappa shape index (κ1) is 10.1.